The van der Waals surface area contributed by atoms with Crippen LogP contribution in [0.5, 0.6) is 0 Å². The number of hydrogen-bond donors (Lipinski definition) is 6. The molecule has 296 valence electrons. The molecule has 6 N–H and O–H groups in total. The molecule has 1 fully saturated rings. The molecule has 0 aromatic heterocycles. The number of hydrogen-bond acceptors (Lipinski definition) is 13. The Morgan fingerprint density at radius 3 is 1.45 bits per heavy atom. The number of nitrogens with zero attached hydrogens (tertiary/aromatic N) is 2. The average Bonchev–Trinajstić information content (AvgIpc) is 3.35. The van der Waals surface area contributed by atoms with Crippen molar-refractivity contribution in [3.63, 3.8) is 0 Å². The van der Waals surface area contributed by atoms with E-state index in [0.717, 1.165) is 11.3 Å². The molecular weight excluding hydrogens is 704 g/mol. The van der Waals surface area contributed by atoms with E-state index in [1.54, 1.807) is 11.8 Å². The van der Waals surface area contributed by atoms with Crippen molar-refractivity contribution in [2.75, 3.05) is 112 Å². The Labute approximate surface area is 306 Å². The molecule has 2 aliphatic heterocycles. The summed E-state index contributed by atoms with van der Waals surface area (Å²) in [5.41, 5.74) is 0.356. The lowest BCUT2D eigenvalue weighted by atomic mass is 10.2. The van der Waals surface area contributed by atoms with E-state index in [4.69, 9.17) is 18.9 Å². The summed E-state index contributed by atoms with van der Waals surface area (Å²) in [5, 5.41) is 14.3. The van der Waals surface area contributed by atoms with Gasteiger partial charge in [-0.15, -0.1) is 0 Å². The normalized spacial score (nSPS) is 13.5. The summed E-state index contributed by atoms with van der Waals surface area (Å²) in [6.07, 6.45) is 2.20. The van der Waals surface area contributed by atoms with Gasteiger partial charge in [-0.3, -0.25) is 48.1 Å². The maximum atomic E-state index is 11.9. The standard InChI is InChI=1S/C32H50N8O13/c1-23-17-30(47)40(32(23)49)8-3-24(41)33-5-10-51-12-14-53-16-15-52-13-11-50-9-4-25(42)34-18-26(43)35-19-27(44)36-20-28(45)37-21-29(46)38-22-31(48)39-6-2-7-39/h17H,2-16,18-22H2,1H3,(H,33,41)(H,34,42)(H,35,43)(H,36,44)(H,37,45)(H,38,46). The zero-order valence-corrected chi connectivity index (χ0v) is 29.9. The predicted molar refractivity (Wildman–Crippen MR) is 182 cm³/mol. The van der Waals surface area contributed by atoms with Crippen LogP contribution < -0.4 is 31.9 Å². The van der Waals surface area contributed by atoms with Gasteiger partial charge in [0.25, 0.3) is 11.8 Å². The molecule has 9 amide bonds. The molecule has 0 atom stereocenters. The second-order valence-electron chi connectivity index (χ2n) is 11.5. The summed E-state index contributed by atoms with van der Waals surface area (Å²) in [6.45, 7) is 3.63. The van der Waals surface area contributed by atoms with Crippen LogP contribution >= 0.6 is 0 Å². The number of carbonyl (C=O) groups is 9. The zero-order chi connectivity index (χ0) is 38.8. The van der Waals surface area contributed by atoms with Crippen LogP contribution in [-0.4, -0.2) is 175 Å². The number of rotatable bonds is 28. The summed E-state index contributed by atoms with van der Waals surface area (Å²) in [6, 6.07) is 0. The maximum Gasteiger partial charge on any atom is 0.256 e. The smallest absolute Gasteiger partial charge is 0.256 e. The van der Waals surface area contributed by atoms with E-state index < -0.39 is 48.5 Å². The second kappa shape index (κ2) is 25.9. The van der Waals surface area contributed by atoms with Gasteiger partial charge in [0, 0.05) is 50.7 Å². The Bertz CT molecular complexity index is 1320. The molecule has 53 heavy (non-hydrogen) atoms. The first kappa shape index (κ1) is 44.2. The SMILES string of the molecule is CC1=CC(=O)N(CCC(=O)NCCOCCOCCOCCOCCC(=O)NCC(=O)NCC(=O)NCC(=O)NCC(=O)NCC(=O)N2CCC2)C1=O. The maximum absolute atomic E-state index is 11.9. The van der Waals surface area contributed by atoms with Gasteiger partial charge in [-0.2, -0.15) is 0 Å². The van der Waals surface area contributed by atoms with Crippen LogP contribution in [0.25, 0.3) is 0 Å². The van der Waals surface area contributed by atoms with Crippen LogP contribution in [0.1, 0.15) is 26.2 Å². The molecule has 1 saturated heterocycles. The quantitative estimate of drug-likeness (QED) is 0.0323. The lowest BCUT2D eigenvalue weighted by molar-refractivity contribution is -0.138. The molecule has 21 nitrogen and oxygen atoms in total. The topological polar surface area (TPSA) is 269 Å². The fourth-order valence-electron chi connectivity index (χ4n) is 4.25. The van der Waals surface area contributed by atoms with Crippen molar-refractivity contribution in [2.45, 2.75) is 26.2 Å². The van der Waals surface area contributed by atoms with Crippen LogP contribution in [0.4, 0.5) is 0 Å². The predicted octanol–water partition coefficient (Wildman–Crippen LogP) is -4.92. The third-order valence-electron chi connectivity index (χ3n) is 7.34. The van der Waals surface area contributed by atoms with Crippen molar-refractivity contribution in [3.05, 3.63) is 11.6 Å². The van der Waals surface area contributed by atoms with Crippen molar-refractivity contribution in [1.29, 1.82) is 0 Å². The third-order valence-corrected chi connectivity index (χ3v) is 7.34. The minimum Gasteiger partial charge on any atom is -0.379 e. The molecule has 0 saturated carbocycles. The first-order valence-electron chi connectivity index (χ1n) is 17.2. The van der Waals surface area contributed by atoms with E-state index in [2.05, 4.69) is 31.9 Å². The summed E-state index contributed by atoms with van der Waals surface area (Å²) >= 11 is 0. The molecule has 21 heteroatoms. The first-order valence-corrected chi connectivity index (χ1v) is 17.2. The van der Waals surface area contributed by atoms with Gasteiger partial charge in [0.15, 0.2) is 0 Å². The van der Waals surface area contributed by atoms with Gasteiger partial charge >= 0.3 is 0 Å². The molecule has 2 rings (SSSR count). The number of likely N-dealkylation sites (tertiary alicyclic amines) is 1. The number of amides is 9. The lowest BCUT2D eigenvalue weighted by Gasteiger charge is -2.30. The van der Waals surface area contributed by atoms with Gasteiger partial charge < -0.3 is 55.7 Å². The van der Waals surface area contributed by atoms with Gasteiger partial charge in [-0.25, -0.2) is 0 Å². The highest BCUT2D eigenvalue weighted by atomic mass is 16.6. The van der Waals surface area contributed by atoms with Crippen molar-refractivity contribution < 1.29 is 62.1 Å². The molecule has 0 unspecified atom stereocenters. The van der Waals surface area contributed by atoms with E-state index >= 15 is 0 Å². The van der Waals surface area contributed by atoms with Crippen molar-refractivity contribution in [3.8, 4) is 0 Å². The molecular formula is C32H50N8O13. The Morgan fingerprint density at radius 2 is 1.00 bits per heavy atom. The third kappa shape index (κ3) is 20.0. The summed E-state index contributed by atoms with van der Waals surface area (Å²) in [4.78, 5) is 109. The molecule has 0 aromatic rings. The lowest BCUT2D eigenvalue weighted by Crippen LogP contribution is -2.49. The van der Waals surface area contributed by atoms with E-state index in [1.807, 2.05) is 0 Å². The monoisotopic (exact) mass is 754 g/mol. The van der Waals surface area contributed by atoms with Gasteiger partial charge in [-0.05, 0) is 13.3 Å². The number of carbonyl (C=O) groups excluding carboxylic acids is 9. The summed E-state index contributed by atoms with van der Waals surface area (Å²) < 4.78 is 21.5. The molecule has 0 aromatic carbocycles. The number of nitrogens with one attached hydrogen (secondary N) is 6. The van der Waals surface area contributed by atoms with E-state index in [-0.39, 0.29) is 89.7 Å². The molecule has 0 bridgehead atoms. The number of imide groups is 1. The van der Waals surface area contributed by atoms with Gasteiger partial charge in [0.2, 0.25) is 41.4 Å². The van der Waals surface area contributed by atoms with Crippen LogP contribution in [0, 0.1) is 0 Å². The summed E-state index contributed by atoms with van der Waals surface area (Å²) in [5.74, 6) is -4.18. The van der Waals surface area contributed by atoms with Crippen LogP contribution in [-0.2, 0) is 62.1 Å². The van der Waals surface area contributed by atoms with Gasteiger partial charge in [0.1, 0.15) is 0 Å². The molecule has 2 heterocycles. The Morgan fingerprint density at radius 1 is 0.566 bits per heavy atom. The fourth-order valence-corrected chi connectivity index (χ4v) is 4.25. The van der Waals surface area contributed by atoms with Crippen LogP contribution in [0.2, 0.25) is 0 Å². The largest absolute Gasteiger partial charge is 0.379 e. The Kier molecular flexibility index (Phi) is 21.6. The van der Waals surface area contributed by atoms with Crippen LogP contribution in [0.15, 0.2) is 11.6 Å². The van der Waals surface area contributed by atoms with Gasteiger partial charge in [-0.1, -0.05) is 0 Å². The van der Waals surface area contributed by atoms with Gasteiger partial charge in [0.05, 0.1) is 85.6 Å². The van der Waals surface area contributed by atoms with Crippen molar-refractivity contribution in [2.24, 2.45) is 0 Å². The highest BCUT2D eigenvalue weighted by Gasteiger charge is 2.28. The van der Waals surface area contributed by atoms with Crippen molar-refractivity contribution >= 4 is 53.2 Å². The van der Waals surface area contributed by atoms with E-state index in [1.165, 1.54) is 6.08 Å². The van der Waals surface area contributed by atoms with E-state index in [9.17, 15) is 43.2 Å². The zero-order valence-electron chi connectivity index (χ0n) is 29.9. The minimum absolute atomic E-state index is 0.000496. The average molecular weight is 755 g/mol. The van der Waals surface area contributed by atoms with E-state index in [0.29, 0.717) is 45.1 Å². The highest BCUT2D eigenvalue weighted by molar-refractivity contribution is 6.16. The second-order valence-corrected chi connectivity index (χ2v) is 11.5. The Hall–Kier alpha value is -4.99. The highest BCUT2D eigenvalue weighted by Crippen LogP contribution is 2.11. The molecule has 0 spiro atoms. The van der Waals surface area contributed by atoms with Crippen LogP contribution in [0.3, 0.4) is 0 Å². The molecule has 0 aliphatic carbocycles. The fraction of sp³-hybridized carbons (Fsp3) is 0.656. The Balaban J connectivity index is 1.30. The first-order chi connectivity index (χ1) is 25.5. The number of ether oxygens (including phenoxy) is 4. The minimum atomic E-state index is -0.657. The molecule has 2 aliphatic rings. The van der Waals surface area contributed by atoms with Crippen molar-refractivity contribution in [1.82, 2.24) is 41.7 Å². The summed E-state index contributed by atoms with van der Waals surface area (Å²) in [7, 11) is 0. The molecule has 0 radical (unpaired) electrons.